The lowest BCUT2D eigenvalue weighted by atomic mass is 10.0. The van der Waals surface area contributed by atoms with Gasteiger partial charge in [-0.3, -0.25) is 9.59 Å². The number of benzene rings is 1. The molecule has 1 aromatic carbocycles. The number of hydrogen-bond acceptors (Lipinski definition) is 3. The number of hydrogen-bond donors (Lipinski definition) is 2. The molecule has 128 valence electrons. The van der Waals surface area contributed by atoms with Crippen molar-refractivity contribution in [1.82, 2.24) is 10.6 Å². The van der Waals surface area contributed by atoms with E-state index in [9.17, 15) is 9.59 Å². The van der Waals surface area contributed by atoms with Gasteiger partial charge in [0, 0.05) is 11.8 Å². The highest BCUT2D eigenvalue weighted by molar-refractivity contribution is 7.10. The van der Waals surface area contributed by atoms with Crippen LogP contribution in [0.15, 0.2) is 47.8 Å². The molecule has 2 rings (SSSR count). The van der Waals surface area contributed by atoms with Gasteiger partial charge in [0.1, 0.15) is 0 Å². The fourth-order valence-electron chi connectivity index (χ4n) is 2.64. The number of nitrogens with one attached hydrogen (secondary N) is 2. The molecule has 0 radical (unpaired) electrons. The van der Waals surface area contributed by atoms with Gasteiger partial charge in [-0.05, 0) is 22.9 Å². The molecule has 24 heavy (non-hydrogen) atoms. The van der Waals surface area contributed by atoms with Gasteiger partial charge in [0.2, 0.25) is 11.8 Å². The van der Waals surface area contributed by atoms with Crippen LogP contribution in [0.2, 0.25) is 0 Å². The lowest BCUT2D eigenvalue weighted by molar-refractivity contribution is -0.123. The molecule has 5 heteroatoms. The molecular formula is C19H24N2O2S. The van der Waals surface area contributed by atoms with E-state index in [1.165, 1.54) is 6.92 Å². The molecule has 0 saturated heterocycles. The van der Waals surface area contributed by atoms with Crippen molar-refractivity contribution in [2.24, 2.45) is 5.92 Å². The zero-order chi connectivity index (χ0) is 17.5. The minimum Gasteiger partial charge on any atom is -0.349 e. The summed E-state index contributed by atoms with van der Waals surface area (Å²) < 4.78 is 0. The van der Waals surface area contributed by atoms with Crippen LogP contribution < -0.4 is 10.6 Å². The van der Waals surface area contributed by atoms with Crippen LogP contribution in [0.25, 0.3) is 0 Å². The van der Waals surface area contributed by atoms with Gasteiger partial charge < -0.3 is 10.6 Å². The van der Waals surface area contributed by atoms with Crippen molar-refractivity contribution >= 4 is 23.2 Å². The molecule has 0 aliphatic carbocycles. The standard InChI is InChI=1S/C19H24N2O2S/c1-13(2)19(17-10-7-11-24-17)21-18(23)12-16(20-14(3)22)15-8-5-4-6-9-15/h4-11,13,16,19H,12H2,1-3H3,(H,20,22)(H,21,23)/t16-,19-/m0/s1. The maximum Gasteiger partial charge on any atom is 0.222 e. The zero-order valence-electron chi connectivity index (χ0n) is 14.3. The third kappa shape index (κ3) is 5.20. The summed E-state index contributed by atoms with van der Waals surface area (Å²) in [6.07, 6.45) is 0.220. The molecule has 0 spiro atoms. The van der Waals surface area contributed by atoms with Gasteiger partial charge >= 0.3 is 0 Å². The number of carbonyl (C=O) groups is 2. The van der Waals surface area contributed by atoms with Gasteiger partial charge in [0.05, 0.1) is 18.5 Å². The summed E-state index contributed by atoms with van der Waals surface area (Å²) in [5, 5.41) is 7.99. The molecule has 2 aromatic rings. The van der Waals surface area contributed by atoms with Gasteiger partial charge in [-0.15, -0.1) is 11.3 Å². The van der Waals surface area contributed by atoms with Crippen LogP contribution in [0.5, 0.6) is 0 Å². The molecule has 2 amide bonds. The van der Waals surface area contributed by atoms with Crippen molar-refractivity contribution in [3.05, 3.63) is 58.3 Å². The van der Waals surface area contributed by atoms with Crippen molar-refractivity contribution in [3.8, 4) is 0 Å². The van der Waals surface area contributed by atoms with E-state index in [2.05, 4.69) is 24.5 Å². The van der Waals surface area contributed by atoms with Crippen molar-refractivity contribution < 1.29 is 9.59 Å². The fraction of sp³-hybridized carbons (Fsp3) is 0.368. The minimum absolute atomic E-state index is 0.00810. The largest absolute Gasteiger partial charge is 0.349 e. The highest BCUT2D eigenvalue weighted by Crippen LogP contribution is 2.26. The van der Waals surface area contributed by atoms with Crippen LogP contribution in [0.1, 0.15) is 49.7 Å². The molecule has 1 aromatic heterocycles. The molecule has 0 aliphatic rings. The first kappa shape index (κ1) is 18.2. The highest BCUT2D eigenvalue weighted by atomic mass is 32.1. The van der Waals surface area contributed by atoms with E-state index < -0.39 is 0 Å². The van der Waals surface area contributed by atoms with Crippen molar-refractivity contribution in [2.45, 2.75) is 39.3 Å². The maximum atomic E-state index is 12.6. The number of thiophene rings is 1. The normalized spacial score (nSPS) is 13.3. The van der Waals surface area contributed by atoms with Crippen LogP contribution in [-0.2, 0) is 9.59 Å². The molecule has 0 saturated carbocycles. The lowest BCUT2D eigenvalue weighted by Gasteiger charge is -2.23. The van der Waals surface area contributed by atoms with E-state index in [-0.39, 0.29) is 30.3 Å². The van der Waals surface area contributed by atoms with Crippen LogP contribution in [0.4, 0.5) is 0 Å². The van der Waals surface area contributed by atoms with E-state index >= 15 is 0 Å². The molecule has 0 bridgehead atoms. The SMILES string of the molecule is CC(=O)N[C@@H](CC(=O)N[C@H](c1cccs1)C(C)C)c1ccccc1. The van der Waals surface area contributed by atoms with Gasteiger partial charge in [0.25, 0.3) is 0 Å². The summed E-state index contributed by atoms with van der Waals surface area (Å²) in [4.78, 5) is 25.2. The molecular weight excluding hydrogens is 320 g/mol. The van der Waals surface area contributed by atoms with E-state index in [1.54, 1.807) is 11.3 Å². The fourth-order valence-corrected chi connectivity index (χ4v) is 3.58. The second kappa shape index (κ2) is 8.64. The Morgan fingerprint density at radius 1 is 1.04 bits per heavy atom. The first-order valence-corrected chi connectivity index (χ1v) is 9.00. The van der Waals surface area contributed by atoms with E-state index in [4.69, 9.17) is 0 Å². The van der Waals surface area contributed by atoms with Crippen molar-refractivity contribution in [3.63, 3.8) is 0 Å². The molecule has 0 unspecified atom stereocenters. The second-order valence-electron chi connectivity index (χ2n) is 6.17. The van der Waals surface area contributed by atoms with Crippen molar-refractivity contribution in [1.29, 1.82) is 0 Å². The monoisotopic (exact) mass is 344 g/mol. The van der Waals surface area contributed by atoms with E-state index in [0.717, 1.165) is 10.4 Å². The molecule has 1 heterocycles. The topological polar surface area (TPSA) is 58.2 Å². The van der Waals surface area contributed by atoms with E-state index in [1.807, 2.05) is 47.8 Å². The van der Waals surface area contributed by atoms with Gasteiger partial charge in [-0.25, -0.2) is 0 Å². The van der Waals surface area contributed by atoms with Gasteiger partial charge in [-0.2, -0.15) is 0 Å². The average molecular weight is 344 g/mol. The average Bonchev–Trinajstić information content (AvgIpc) is 3.06. The summed E-state index contributed by atoms with van der Waals surface area (Å²) in [6.45, 7) is 5.65. The van der Waals surface area contributed by atoms with Crippen LogP contribution >= 0.6 is 11.3 Å². The third-order valence-electron chi connectivity index (χ3n) is 3.80. The molecule has 2 N–H and O–H groups in total. The summed E-state index contributed by atoms with van der Waals surface area (Å²) in [5.41, 5.74) is 0.931. The van der Waals surface area contributed by atoms with Crippen LogP contribution in [-0.4, -0.2) is 11.8 Å². The number of amides is 2. The Labute approximate surface area is 147 Å². The highest BCUT2D eigenvalue weighted by Gasteiger charge is 2.22. The quantitative estimate of drug-likeness (QED) is 0.802. The predicted molar refractivity (Wildman–Crippen MR) is 97.7 cm³/mol. The summed E-state index contributed by atoms with van der Waals surface area (Å²) >= 11 is 1.64. The Balaban J connectivity index is 2.08. The third-order valence-corrected chi connectivity index (χ3v) is 4.76. The smallest absolute Gasteiger partial charge is 0.222 e. The van der Waals surface area contributed by atoms with Crippen LogP contribution in [0.3, 0.4) is 0 Å². The molecule has 0 aliphatic heterocycles. The maximum absolute atomic E-state index is 12.6. The first-order valence-electron chi connectivity index (χ1n) is 8.12. The Bertz CT molecular complexity index is 653. The Hall–Kier alpha value is -2.14. The zero-order valence-corrected chi connectivity index (χ0v) is 15.1. The van der Waals surface area contributed by atoms with Gasteiger partial charge in [0.15, 0.2) is 0 Å². The summed E-state index contributed by atoms with van der Waals surface area (Å²) in [7, 11) is 0. The summed E-state index contributed by atoms with van der Waals surface area (Å²) in [5.74, 6) is 0.0866. The lowest BCUT2D eigenvalue weighted by Crippen LogP contribution is -2.35. The molecule has 4 nitrogen and oxygen atoms in total. The van der Waals surface area contributed by atoms with E-state index in [0.29, 0.717) is 5.92 Å². The Morgan fingerprint density at radius 3 is 2.29 bits per heavy atom. The number of rotatable bonds is 7. The first-order chi connectivity index (χ1) is 11.5. The Morgan fingerprint density at radius 2 is 1.75 bits per heavy atom. The molecule has 2 atom stereocenters. The second-order valence-corrected chi connectivity index (χ2v) is 7.15. The minimum atomic E-state index is -0.320. The van der Waals surface area contributed by atoms with Crippen molar-refractivity contribution in [2.75, 3.05) is 0 Å². The molecule has 0 fully saturated rings. The summed E-state index contributed by atoms with van der Waals surface area (Å²) in [6, 6.07) is 13.3. The predicted octanol–water partition coefficient (Wildman–Crippen LogP) is 3.83. The number of carbonyl (C=O) groups excluding carboxylic acids is 2. The Kier molecular flexibility index (Phi) is 6.55. The van der Waals surface area contributed by atoms with Crippen LogP contribution in [0, 0.1) is 5.92 Å². The van der Waals surface area contributed by atoms with Gasteiger partial charge in [-0.1, -0.05) is 50.2 Å².